The van der Waals surface area contributed by atoms with Crippen LogP contribution in [-0.4, -0.2) is 65.9 Å². The van der Waals surface area contributed by atoms with Crippen LogP contribution >= 0.6 is 11.3 Å². The quantitative estimate of drug-likeness (QED) is 0.344. The zero-order valence-electron chi connectivity index (χ0n) is 20.4. The number of piperazine rings is 1. The highest BCUT2D eigenvalue weighted by Crippen LogP contribution is 2.45. The van der Waals surface area contributed by atoms with Crippen molar-refractivity contribution in [3.63, 3.8) is 0 Å². The van der Waals surface area contributed by atoms with Gasteiger partial charge in [0.1, 0.15) is 22.7 Å². The Hall–Kier alpha value is -3.50. The number of para-hydroxylation sites is 1. The molecule has 6 rings (SSSR count). The van der Waals surface area contributed by atoms with E-state index in [9.17, 15) is 14.3 Å². The first-order valence-corrected chi connectivity index (χ1v) is 13.3. The standard InChI is InChI=1S/C27H27FN4O4S/c1-35-21-5-3-2-4-18(21)23-19(25(36-30-23)16-6-7-16)8-9-31-10-12-32(13-11-31)27-29-24-20(28)14-17(26(33)34)15-22(24)37-27/h2-5,14-16H,6-13H2,1H3,(H,33,34). The molecule has 192 valence electrons. The number of rotatable bonds is 8. The average molecular weight is 523 g/mol. The summed E-state index contributed by atoms with van der Waals surface area (Å²) in [6.07, 6.45) is 3.12. The highest BCUT2D eigenvalue weighted by atomic mass is 32.1. The second-order valence-corrected chi connectivity index (χ2v) is 10.5. The number of nitrogens with zero attached hydrogens (tertiary/aromatic N) is 4. The van der Waals surface area contributed by atoms with Gasteiger partial charge in [0, 0.05) is 49.8 Å². The molecule has 2 fully saturated rings. The minimum Gasteiger partial charge on any atom is -0.496 e. The molecule has 4 aromatic rings. The topological polar surface area (TPSA) is 91.9 Å². The number of carbonyl (C=O) groups is 1. The summed E-state index contributed by atoms with van der Waals surface area (Å²) >= 11 is 1.34. The van der Waals surface area contributed by atoms with Gasteiger partial charge in [0.25, 0.3) is 0 Å². The van der Waals surface area contributed by atoms with Crippen LogP contribution in [0.2, 0.25) is 0 Å². The first-order chi connectivity index (χ1) is 18.0. The van der Waals surface area contributed by atoms with E-state index >= 15 is 0 Å². The van der Waals surface area contributed by atoms with Crippen LogP contribution in [0.25, 0.3) is 21.5 Å². The predicted molar refractivity (Wildman–Crippen MR) is 139 cm³/mol. The van der Waals surface area contributed by atoms with Gasteiger partial charge in [0.05, 0.1) is 17.4 Å². The van der Waals surface area contributed by atoms with Crippen LogP contribution in [0.1, 0.15) is 40.4 Å². The van der Waals surface area contributed by atoms with Crippen molar-refractivity contribution in [2.45, 2.75) is 25.2 Å². The summed E-state index contributed by atoms with van der Waals surface area (Å²) in [6, 6.07) is 10.4. The average Bonchev–Trinajstić information content (AvgIpc) is 3.52. The maximum atomic E-state index is 14.4. The summed E-state index contributed by atoms with van der Waals surface area (Å²) in [5, 5.41) is 14.4. The highest BCUT2D eigenvalue weighted by molar-refractivity contribution is 7.22. The zero-order chi connectivity index (χ0) is 25.5. The van der Waals surface area contributed by atoms with E-state index in [-0.39, 0.29) is 11.1 Å². The van der Waals surface area contributed by atoms with E-state index in [1.54, 1.807) is 7.11 Å². The van der Waals surface area contributed by atoms with Gasteiger partial charge in [-0.2, -0.15) is 0 Å². The van der Waals surface area contributed by atoms with E-state index in [0.29, 0.717) is 10.6 Å². The molecule has 1 N–H and O–H groups in total. The minimum atomic E-state index is -1.14. The van der Waals surface area contributed by atoms with Gasteiger partial charge < -0.3 is 19.3 Å². The number of carboxylic acids is 1. The summed E-state index contributed by atoms with van der Waals surface area (Å²) in [6.45, 7) is 4.13. The lowest BCUT2D eigenvalue weighted by molar-refractivity contribution is 0.0696. The minimum absolute atomic E-state index is 0.0585. The normalized spacial score (nSPS) is 16.4. The number of aromatic nitrogens is 2. The molecule has 2 aliphatic rings. The van der Waals surface area contributed by atoms with E-state index < -0.39 is 11.8 Å². The Morgan fingerprint density at radius 1 is 1.22 bits per heavy atom. The van der Waals surface area contributed by atoms with Crippen molar-refractivity contribution in [2.24, 2.45) is 0 Å². The van der Waals surface area contributed by atoms with E-state index in [0.717, 1.165) is 86.0 Å². The van der Waals surface area contributed by atoms with Gasteiger partial charge in [0.15, 0.2) is 10.9 Å². The molecule has 2 aromatic heterocycles. The molecule has 1 saturated carbocycles. The highest BCUT2D eigenvalue weighted by Gasteiger charge is 2.33. The van der Waals surface area contributed by atoms with E-state index in [1.165, 1.54) is 23.0 Å². The maximum absolute atomic E-state index is 14.4. The lowest BCUT2D eigenvalue weighted by atomic mass is 10.0. The molecule has 0 radical (unpaired) electrons. The van der Waals surface area contributed by atoms with Crippen molar-refractivity contribution in [3.05, 3.63) is 59.1 Å². The number of thiazole rings is 1. The van der Waals surface area contributed by atoms with Gasteiger partial charge in [-0.25, -0.2) is 14.2 Å². The summed E-state index contributed by atoms with van der Waals surface area (Å²) in [5.74, 6) is 0.523. The molecule has 3 heterocycles. The number of methoxy groups -OCH3 is 1. The number of ether oxygens (including phenoxy) is 1. The number of hydrogen-bond donors (Lipinski definition) is 1. The van der Waals surface area contributed by atoms with Gasteiger partial charge in [-0.1, -0.05) is 28.6 Å². The van der Waals surface area contributed by atoms with Crippen molar-refractivity contribution in [1.29, 1.82) is 0 Å². The third kappa shape index (κ3) is 4.67. The summed E-state index contributed by atoms with van der Waals surface area (Å²) in [5.41, 5.74) is 3.17. The second-order valence-electron chi connectivity index (χ2n) is 9.53. The molecule has 0 spiro atoms. The molecule has 0 amide bonds. The van der Waals surface area contributed by atoms with Crippen molar-refractivity contribution in [2.75, 3.05) is 44.7 Å². The molecule has 8 nitrogen and oxygen atoms in total. The molecule has 0 bridgehead atoms. The molecular weight excluding hydrogens is 495 g/mol. The Balaban J connectivity index is 1.14. The number of fused-ring (bicyclic) bond motifs is 1. The number of halogens is 1. The first kappa shape index (κ1) is 23.9. The second kappa shape index (κ2) is 9.75. The van der Waals surface area contributed by atoms with Crippen LogP contribution < -0.4 is 9.64 Å². The first-order valence-electron chi connectivity index (χ1n) is 12.4. The van der Waals surface area contributed by atoms with Crippen molar-refractivity contribution < 1.29 is 23.6 Å². The monoisotopic (exact) mass is 522 g/mol. The smallest absolute Gasteiger partial charge is 0.335 e. The summed E-state index contributed by atoms with van der Waals surface area (Å²) in [4.78, 5) is 20.3. The Kier molecular flexibility index (Phi) is 6.29. The SMILES string of the molecule is COc1ccccc1-c1noc(C2CC2)c1CCN1CCN(c2nc3c(F)cc(C(=O)O)cc3s2)CC1. The molecule has 0 unspecified atom stereocenters. The number of hydrogen-bond acceptors (Lipinski definition) is 8. The van der Waals surface area contributed by atoms with Gasteiger partial charge >= 0.3 is 5.97 Å². The van der Waals surface area contributed by atoms with Crippen molar-refractivity contribution in [1.82, 2.24) is 15.0 Å². The fourth-order valence-electron chi connectivity index (χ4n) is 4.95. The van der Waals surface area contributed by atoms with Gasteiger partial charge in [-0.3, -0.25) is 4.90 Å². The molecule has 37 heavy (non-hydrogen) atoms. The summed E-state index contributed by atoms with van der Waals surface area (Å²) in [7, 11) is 1.67. The number of anilines is 1. The Morgan fingerprint density at radius 3 is 2.73 bits per heavy atom. The molecule has 1 aliphatic heterocycles. The third-order valence-corrected chi connectivity index (χ3v) is 8.20. The molecule has 10 heteroatoms. The fraction of sp³-hybridized carbons (Fsp3) is 0.370. The number of aromatic carboxylic acids is 1. The molecule has 0 atom stereocenters. The van der Waals surface area contributed by atoms with Crippen LogP contribution in [0.4, 0.5) is 9.52 Å². The van der Waals surface area contributed by atoms with Gasteiger partial charge in [-0.15, -0.1) is 0 Å². The van der Waals surface area contributed by atoms with Crippen molar-refractivity contribution >= 4 is 32.7 Å². The van der Waals surface area contributed by atoms with Crippen molar-refractivity contribution in [3.8, 4) is 17.0 Å². The molecule has 1 saturated heterocycles. The van der Waals surface area contributed by atoms with E-state index in [4.69, 9.17) is 9.26 Å². The Bertz CT molecular complexity index is 1460. The van der Waals surface area contributed by atoms with Crippen LogP contribution in [0.15, 0.2) is 40.9 Å². The molecular formula is C27H27FN4O4S. The number of carboxylic acid groups (broad SMARTS) is 1. The number of benzene rings is 2. The van der Waals surface area contributed by atoms with E-state index in [2.05, 4.69) is 19.9 Å². The van der Waals surface area contributed by atoms with Crippen LogP contribution in [0.5, 0.6) is 5.75 Å². The van der Waals surface area contributed by atoms with E-state index in [1.807, 2.05) is 24.3 Å². The maximum Gasteiger partial charge on any atom is 0.335 e. The third-order valence-electron chi connectivity index (χ3n) is 7.13. The van der Waals surface area contributed by atoms with Crippen LogP contribution in [0.3, 0.4) is 0 Å². The van der Waals surface area contributed by atoms with Gasteiger partial charge in [0.2, 0.25) is 0 Å². The van der Waals surface area contributed by atoms with Crippen LogP contribution in [0, 0.1) is 5.82 Å². The predicted octanol–water partition coefficient (Wildman–Crippen LogP) is 5.04. The largest absolute Gasteiger partial charge is 0.496 e. The Labute approximate surface area is 217 Å². The van der Waals surface area contributed by atoms with Gasteiger partial charge in [-0.05, 0) is 43.5 Å². The summed E-state index contributed by atoms with van der Waals surface area (Å²) < 4.78 is 26.4. The lowest BCUT2D eigenvalue weighted by Gasteiger charge is -2.34. The van der Waals surface area contributed by atoms with Crippen LogP contribution in [-0.2, 0) is 6.42 Å². The molecule has 2 aromatic carbocycles. The lowest BCUT2D eigenvalue weighted by Crippen LogP contribution is -2.47. The fourth-order valence-corrected chi connectivity index (χ4v) is 6.02. The molecule has 1 aliphatic carbocycles. The Morgan fingerprint density at radius 2 is 2.00 bits per heavy atom. The zero-order valence-corrected chi connectivity index (χ0v) is 21.3.